The number of imide groups is 1. The number of hydrogen-bond acceptors (Lipinski definition) is 7. The van der Waals surface area contributed by atoms with E-state index in [0.29, 0.717) is 25.9 Å². The number of hydrogen-bond donors (Lipinski definition) is 0. The van der Waals surface area contributed by atoms with Crippen molar-refractivity contribution in [2.75, 3.05) is 26.2 Å². The Kier molecular flexibility index (Phi) is 7.47. The van der Waals surface area contributed by atoms with E-state index < -0.39 is 28.4 Å². The van der Waals surface area contributed by atoms with E-state index in [4.69, 9.17) is 4.74 Å². The van der Waals surface area contributed by atoms with Gasteiger partial charge in [-0.05, 0) is 49.9 Å². The third-order valence-corrected chi connectivity index (χ3v) is 8.88. The van der Waals surface area contributed by atoms with Gasteiger partial charge >= 0.3 is 5.97 Å². The zero-order chi connectivity index (χ0) is 24.3. The van der Waals surface area contributed by atoms with Crippen molar-refractivity contribution >= 4 is 33.6 Å². The minimum Gasteiger partial charge on any atom is -0.457 e. The van der Waals surface area contributed by atoms with Crippen LogP contribution in [0.1, 0.15) is 61.7 Å². The molecule has 3 aliphatic rings. The van der Waals surface area contributed by atoms with Gasteiger partial charge in [0.25, 0.3) is 0 Å². The SMILES string of the molecule is O=C(CCN1C(=O)[C@H]2CCCC[C@@H]2C1=O)OCC(=O)c1ccc(S(=O)(=O)N2CCCCC2)cc1. The molecule has 0 N–H and O–H groups in total. The van der Waals surface area contributed by atoms with Gasteiger partial charge in [-0.25, -0.2) is 8.42 Å². The molecular formula is C24H30N2O7S. The van der Waals surface area contributed by atoms with Crippen LogP contribution in [0.4, 0.5) is 0 Å². The van der Waals surface area contributed by atoms with Crippen molar-refractivity contribution < 1.29 is 32.3 Å². The van der Waals surface area contributed by atoms with Crippen molar-refractivity contribution in [3.63, 3.8) is 0 Å². The Morgan fingerprint density at radius 2 is 1.47 bits per heavy atom. The van der Waals surface area contributed by atoms with Gasteiger partial charge < -0.3 is 4.74 Å². The van der Waals surface area contributed by atoms with Crippen LogP contribution in [0.25, 0.3) is 0 Å². The van der Waals surface area contributed by atoms with Crippen molar-refractivity contribution in [2.45, 2.75) is 56.3 Å². The Labute approximate surface area is 199 Å². The molecule has 2 amide bonds. The maximum atomic E-state index is 12.7. The van der Waals surface area contributed by atoms with E-state index in [1.54, 1.807) is 0 Å². The Morgan fingerprint density at radius 1 is 0.882 bits per heavy atom. The first-order chi connectivity index (χ1) is 16.3. The predicted octanol–water partition coefficient (Wildman–Crippen LogP) is 2.15. The van der Waals surface area contributed by atoms with E-state index in [1.165, 1.54) is 28.6 Å². The standard InChI is InChI=1S/C24H30N2O7S/c27-21(17-8-10-18(11-9-17)34(31,32)25-13-4-1-5-14-25)16-33-22(28)12-15-26-23(29)19-6-2-3-7-20(19)24(26)30/h8-11,19-20H,1-7,12-16H2/t19-,20-/m0/s1. The summed E-state index contributed by atoms with van der Waals surface area (Å²) in [5.74, 6) is -2.08. The van der Waals surface area contributed by atoms with Gasteiger partial charge in [-0.15, -0.1) is 0 Å². The number of Topliss-reactive ketones (excluding diaryl/α,β-unsaturated/α-hetero) is 1. The molecule has 0 aromatic heterocycles. The van der Waals surface area contributed by atoms with Crippen LogP contribution < -0.4 is 0 Å². The van der Waals surface area contributed by atoms with Crippen LogP contribution >= 0.6 is 0 Å². The maximum absolute atomic E-state index is 12.7. The first-order valence-electron chi connectivity index (χ1n) is 11.9. The molecule has 0 unspecified atom stereocenters. The summed E-state index contributed by atoms with van der Waals surface area (Å²) in [5.41, 5.74) is 0.236. The number of carbonyl (C=O) groups is 4. The number of ketones is 1. The number of esters is 1. The molecule has 9 nitrogen and oxygen atoms in total. The highest BCUT2D eigenvalue weighted by atomic mass is 32.2. The van der Waals surface area contributed by atoms with Crippen molar-refractivity contribution in [3.8, 4) is 0 Å². The first kappa shape index (κ1) is 24.5. The smallest absolute Gasteiger partial charge is 0.308 e. The zero-order valence-corrected chi connectivity index (χ0v) is 19.9. The van der Waals surface area contributed by atoms with Gasteiger partial charge in [-0.3, -0.25) is 24.1 Å². The summed E-state index contributed by atoms with van der Waals surface area (Å²) in [5, 5.41) is 0. The number of likely N-dealkylation sites (tertiary alicyclic amines) is 1. The zero-order valence-electron chi connectivity index (χ0n) is 19.1. The molecule has 2 atom stereocenters. The fourth-order valence-corrected chi connectivity index (χ4v) is 6.54. The van der Waals surface area contributed by atoms with E-state index in [9.17, 15) is 27.6 Å². The molecule has 34 heavy (non-hydrogen) atoms. The number of benzene rings is 1. The summed E-state index contributed by atoms with van der Waals surface area (Å²) in [4.78, 5) is 50.7. The van der Waals surface area contributed by atoms with Gasteiger partial charge in [-0.1, -0.05) is 19.3 Å². The monoisotopic (exact) mass is 490 g/mol. The van der Waals surface area contributed by atoms with Crippen LogP contribution in [0.15, 0.2) is 29.2 Å². The number of ether oxygens (including phenoxy) is 1. The van der Waals surface area contributed by atoms with E-state index in [2.05, 4.69) is 0 Å². The average molecular weight is 491 g/mol. The van der Waals surface area contributed by atoms with Gasteiger partial charge in [0.05, 0.1) is 23.2 Å². The van der Waals surface area contributed by atoms with Gasteiger partial charge in [0.1, 0.15) is 0 Å². The molecule has 1 saturated carbocycles. The third kappa shape index (κ3) is 5.07. The molecule has 2 heterocycles. The van der Waals surface area contributed by atoms with E-state index in [0.717, 1.165) is 37.0 Å². The minimum absolute atomic E-state index is 0.0409. The number of fused-ring (bicyclic) bond motifs is 1. The highest BCUT2D eigenvalue weighted by Gasteiger charge is 2.47. The quantitative estimate of drug-likeness (QED) is 0.311. The van der Waals surface area contributed by atoms with E-state index in [1.807, 2.05) is 0 Å². The lowest BCUT2D eigenvalue weighted by Crippen LogP contribution is -2.35. The number of nitrogens with zero attached hydrogens (tertiary/aromatic N) is 2. The van der Waals surface area contributed by atoms with Gasteiger partial charge in [0.15, 0.2) is 12.4 Å². The van der Waals surface area contributed by atoms with Gasteiger partial charge in [0.2, 0.25) is 21.8 Å². The largest absolute Gasteiger partial charge is 0.457 e. The summed E-state index contributed by atoms with van der Waals surface area (Å²) < 4.78 is 31.9. The molecule has 0 spiro atoms. The molecule has 184 valence electrons. The van der Waals surface area contributed by atoms with Crippen molar-refractivity contribution in [3.05, 3.63) is 29.8 Å². The molecule has 0 bridgehead atoms. The summed E-state index contributed by atoms with van der Waals surface area (Å²) in [6.07, 6.45) is 5.81. The first-order valence-corrected chi connectivity index (χ1v) is 13.4. The van der Waals surface area contributed by atoms with Crippen LogP contribution in [0.5, 0.6) is 0 Å². The minimum atomic E-state index is -3.59. The topological polar surface area (TPSA) is 118 Å². The van der Waals surface area contributed by atoms with Gasteiger partial charge in [-0.2, -0.15) is 4.31 Å². The fourth-order valence-electron chi connectivity index (χ4n) is 5.02. The second kappa shape index (κ2) is 10.4. The highest BCUT2D eigenvalue weighted by molar-refractivity contribution is 7.89. The van der Waals surface area contributed by atoms with Crippen LogP contribution in [-0.2, 0) is 29.1 Å². The Morgan fingerprint density at radius 3 is 2.06 bits per heavy atom. The Balaban J connectivity index is 1.26. The second-order valence-electron chi connectivity index (χ2n) is 9.15. The van der Waals surface area contributed by atoms with Crippen molar-refractivity contribution in [1.29, 1.82) is 0 Å². The van der Waals surface area contributed by atoms with Crippen molar-refractivity contribution in [1.82, 2.24) is 9.21 Å². The Bertz CT molecular complexity index is 1040. The van der Waals surface area contributed by atoms with E-state index >= 15 is 0 Å². The van der Waals surface area contributed by atoms with Crippen LogP contribution in [0.2, 0.25) is 0 Å². The molecule has 1 aromatic carbocycles. The number of carbonyl (C=O) groups excluding carboxylic acids is 4. The van der Waals surface area contributed by atoms with Gasteiger partial charge in [0, 0.05) is 25.2 Å². The third-order valence-electron chi connectivity index (χ3n) is 6.97. The maximum Gasteiger partial charge on any atom is 0.308 e. The number of amides is 2. The molecule has 1 aliphatic carbocycles. The lowest BCUT2D eigenvalue weighted by Gasteiger charge is -2.25. The van der Waals surface area contributed by atoms with Crippen molar-refractivity contribution in [2.24, 2.45) is 11.8 Å². The summed E-state index contributed by atoms with van der Waals surface area (Å²) >= 11 is 0. The normalized spacial score (nSPS) is 23.6. The number of sulfonamides is 1. The summed E-state index contributed by atoms with van der Waals surface area (Å²) in [6.45, 7) is 0.453. The fraction of sp³-hybridized carbons (Fsp3) is 0.583. The van der Waals surface area contributed by atoms with E-state index in [-0.39, 0.29) is 47.1 Å². The number of piperidine rings is 1. The highest BCUT2D eigenvalue weighted by Crippen LogP contribution is 2.38. The lowest BCUT2D eigenvalue weighted by molar-refractivity contribution is -0.145. The molecule has 10 heteroatoms. The summed E-state index contributed by atoms with van der Waals surface area (Å²) in [7, 11) is -3.59. The summed E-state index contributed by atoms with van der Waals surface area (Å²) in [6, 6.07) is 5.61. The average Bonchev–Trinajstić information content (AvgIpc) is 3.11. The van der Waals surface area contributed by atoms with Crippen LogP contribution in [-0.4, -0.2) is 67.4 Å². The molecule has 2 saturated heterocycles. The molecule has 2 aliphatic heterocycles. The predicted molar refractivity (Wildman–Crippen MR) is 121 cm³/mol. The van der Waals surface area contributed by atoms with Crippen LogP contribution in [0, 0.1) is 11.8 Å². The number of rotatable bonds is 8. The lowest BCUT2D eigenvalue weighted by atomic mass is 9.81. The van der Waals surface area contributed by atoms with Crippen LogP contribution in [0.3, 0.4) is 0 Å². The molecule has 1 aromatic rings. The molecular weight excluding hydrogens is 460 g/mol. The Hall–Kier alpha value is -2.59. The molecule has 4 rings (SSSR count). The second-order valence-corrected chi connectivity index (χ2v) is 11.1. The molecule has 3 fully saturated rings. The molecule has 0 radical (unpaired) electrons.